The minimum Gasteiger partial charge on any atom is -0.378 e. The molecular formula is C26H30N8O2S. The number of hydrogen-bond donors (Lipinski definition) is 1. The van der Waals surface area contributed by atoms with Crippen molar-refractivity contribution < 1.29 is 9.53 Å². The maximum absolute atomic E-state index is 13.0. The molecule has 1 amide bonds. The highest BCUT2D eigenvalue weighted by Gasteiger charge is 2.24. The molecule has 37 heavy (non-hydrogen) atoms. The summed E-state index contributed by atoms with van der Waals surface area (Å²) < 4.78 is 6.62. The van der Waals surface area contributed by atoms with Crippen molar-refractivity contribution in [1.29, 1.82) is 5.41 Å². The largest absolute Gasteiger partial charge is 0.378 e. The van der Waals surface area contributed by atoms with Crippen molar-refractivity contribution in [3.8, 4) is 10.4 Å². The fourth-order valence-electron chi connectivity index (χ4n) is 4.77. The van der Waals surface area contributed by atoms with Gasteiger partial charge >= 0.3 is 0 Å². The van der Waals surface area contributed by atoms with Gasteiger partial charge in [0.1, 0.15) is 5.84 Å². The minimum atomic E-state index is 0.0948. The Kier molecular flexibility index (Phi) is 6.58. The fraction of sp³-hybridized carbons (Fsp3) is 0.423. The Hall–Kier alpha value is -3.41. The summed E-state index contributed by atoms with van der Waals surface area (Å²) >= 11 is 1.67. The van der Waals surface area contributed by atoms with E-state index in [0.717, 1.165) is 71.3 Å². The SMILES string of the molecule is CN1CCN(C(=O)c2ccc(-c3cc4nc(N5C=NC(=N)CC5)nc(N5CCOCC5)c4s3)cc2)CC1. The summed E-state index contributed by atoms with van der Waals surface area (Å²) in [5.74, 6) is 1.98. The molecule has 0 saturated carbocycles. The van der Waals surface area contributed by atoms with E-state index in [1.165, 1.54) is 0 Å². The van der Waals surface area contributed by atoms with Crippen molar-refractivity contribution in [2.45, 2.75) is 6.42 Å². The Balaban J connectivity index is 1.32. The molecule has 6 rings (SSSR count). The number of amidine groups is 1. The molecule has 10 nitrogen and oxygen atoms in total. The van der Waals surface area contributed by atoms with E-state index in [2.05, 4.69) is 27.9 Å². The average molecular weight is 519 g/mol. The second-order valence-corrected chi connectivity index (χ2v) is 10.6. The maximum Gasteiger partial charge on any atom is 0.253 e. The van der Waals surface area contributed by atoms with Crippen LogP contribution in [0.4, 0.5) is 11.8 Å². The summed E-state index contributed by atoms with van der Waals surface area (Å²) in [7, 11) is 2.09. The lowest BCUT2D eigenvalue weighted by Crippen LogP contribution is -2.47. The van der Waals surface area contributed by atoms with Gasteiger partial charge in [0.15, 0.2) is 5.82 Å². The lowest BCUT2D eigenvalue weighted by molar-refractivity contribution is 0.0664. The third-order valence-corrected chi connectivity index (χ3v) is 8.23. The van der Waals surface area contributed by atoms with E-state index in [9.17, 15) is 4.79 Å². The first-order valence-electron chi connectivity index (χ1n) is 12.7. The number of thiophene rings is 1. The predicted octanol–water partition coefficient (Wildman–Crippen LogP) is 2.80. The zero-order valence-electron chi connectivity index (χ0n) is 20.9. The van der Waals surface area contributed by atoms with E-state index in [4.69, 9.17) is 20.1 Å². The first kappa shape index (κ1) is 24.0. The number of fused-ring (bicyclic) bond motifs is 1. The van der Waals surface area contributed by atoms with E-state index in [1.807, 2.05) is 34.1 Å². The second-order valence-electron chi connectivity index (χ2n) is 9.58. The van der Waals surface area contributed by atoms with Crippen LogP contribution in [0.1, 0.15) is 16.8 Å². The number of carbonyl (C=O) groups excluding carboxylic acids is 1. The van der Waals surface area contributed by atoms with E-state index >= 15 is 0 Å². The number of morpholine rings is 1. The van der Waals surface area contributed by atoms with Crippen LogP contribution in [0.25, 0.3) is 20.7 Å². The highest BCUT2D eigenvalue weighted by atomic mass is 32.1. The number of rotatable bonds is 4. The number of nitrogens with zero attached hydrogens (tertiary/aromatic N) is 7. The van der Waals surface area contributed by atoms with Gasteiger partial charge in [-0.05, 0) is 30.8 Å². The summed E-state index contributed by atoms with van der Waals surface area (Å²) in [6, 6.07) is 10.0. The van der Waals surface area contributed by atoms with E-state index in [-0.39, 0.29) is 5.91 Å². The van der Waals surface area contributed by atoms with Gasteiger partial charge in [0.25, 0.3) is 5.91 Å². The molecule has 0 spiro atoms. The number of aliphatic imine (C=N–C) groups is 1. The van der Waals surface area contributed by atoms with Crippen molar-refractivity contribution in [2.75, 3.05) is 75.9 Å². The highest BCUT2D eigenvalue weighted by Crippen LogP contribution is 2.38. The van der Waals surface area contributed by atoms with Crippen LogP contribution < -0.4 is 9.80 Å². The number of ether oxygens (including phenoxy) is 1. The summed E-state index contributed by atoms with van der Waals surface area (Å²) in [5.41, 5.74) is 2.67. The Morgan fingerprint density at radius 2 is 1.76 bits per heavy atom. The monoisotopic (exact) mass is 518 g/mol. The van der Waals surface area contributed by atoms with Gasteiger partial charge in [-0.25, -0.2) is 9.98 Å². The molecule has 2 saturated heterocycles. The quantitative estimate of drug-likeness (QED) is 0.567. The molecule has 2 fully saturated rings. The minimum absolute atomic E-state index is 0.0948. The Morgan fingerprint density at radius 1 is 1.00 bits per heavy atom. The Morgan fingerprint density at radius 3 is 2.46 bits per heavy atom. The molecule has 1 aromatic carbocycles. The lowest BCUT2D eigenvalue weighted by Gasteiger charge is -2.32. The molecule has 1 N–H and O–H groups in total. The summed E-state index contributed by atoms with van der Waals surface area (Å²) in [4.78, 5) is 36.4. The molecule has 192 valence electrons. The zero-order chi connectivity index (χ0) is 25.4. The smallest absolute Gasteiger partial charge is 0.253 e. The first-order valence-corrected chi connectivity index (χ1v) is 13.5. The van der Waals surface area contributed by atoms with Crippen molar-refractivity contribution in [3.63, 3.8) is 0 Å². The number of piperazine rings is 1. The Bertz CT molecular complexity index is 1340. The summed E-state index contributed by atoms with van der Waals surface area (Å²) in [6.07, 6.45) is 2.22. The van der Waals surface area contributed by atoms with Crippen LogP contribution in [0.3, 0.4) is 0 Å². The van der Waals surface area contributed by atoms with Crippen LogP contribution in [0, 0.1) is 5.41 Å². The van der Waals surface area contributed by atoms with Crippen molar-refractivity contribution in [1.82, 2.24) is 19.8 Å². The average Bonchev–Trinajstić information content (AvgIpc) is 3.38. The molecule has 0 atom stereocenters. The van der Waals surface area contributed by atoms with Crippen LogP contribution in [0.5, 0.6) is 0 Å². The number of amides is 1. The molecule has 0 radical (unpaired) electrons. The van der Waals surface area contributed by atoms with Gasteiger partial charge in [-0.15, -0.1) is 11.3 Å². The molecular weight excluding hydrogens is 488 g/mol. The van der Waals surface area contributed by atoms with Crippen molar-refractivity contribution >= 4 is 51.4 Å². The molecule has 3 aliphatic rings. The number of hydrogen-bond acceptors (Lipinski definition) is 9. The first-order chi connectivity index (χ1) is 18.0. The van der Waals surface area contributed by atoms with Gasteiger partial charge in [-0.3, -0.25) is 10.2 Å². The number of anilines is 2. The number of likely N-dealkylation sites (N-methyl/N-ethyl adjacent to an activating group) is 1. The topological polar surface area (TPSA) is 101 Å². The van der Waals surface area contributed by atoms with Gasteiger partial charge in [-0.2, -0.15) is 4.98 Å². The third-order valence-electron chi connectivity index (χ3n) is 7.06. The van der Waals surface area contributed by atoms with Crippen molar-refractivity contribution in [3.05, 3.63) is 35.9 Å². The third kappa shape index (κ3) is 4.94. The van der Waals surface area contributed by atoms with E-state index in [0.29, 0.717) is 38.0 Å². The van der Waals surface area contributed by atoms with E-state index in [1.54, 1.807) is 17.7 Å². The second kappa shape index (κ2) is 10.2. The molecule has 0 unspecified atom stereocenters. The van der Waals surface area contributed by atoms with Crippen LogP contribution in [0.2, 0.25) is 0 Å². The normalized spacial score (nSPS) is 19.2. The predicted molar refractivity (Wildman–Crippen MR) is 147 cm³/mol. The highest BCUT2D eigenvalue weighted by molar-refractivity contribution is 7.22. The van der Waals surface area contributed by atoms with Crippen LogP contribution >= 0.6 is 11.3 Å². The van der Waals surface area contributed by atoms with Crippen LogP contribution in [-0.2, 0) is 4.74 Å². The standard InChI is InChI=1S/C26H30N8O2S/c1-31-8-10-33(11-9-31)25(35)19-4-2-18(3-5-19)21-16-20-23(37-21)24(32-12-14-36-15-13-32)30-26(29-20)34-7-6-22(27)28-17-34/h2-5,16-17,27H,6-15H2,1H3. The molecule has 3 aromatic rings. The molecule has 2 aromatic heterocycles. The van der Waals surface area contributed by atoms with Crippen LogP contribution in [-0.4, -0.2) is 104 Å². The van der Waals surface area contributed by atoms with Gasteiger partial charge < -0.3 is 24.3 Å². The number of carbonyl (C=O) groups is 1. The van der Waals surface area contributed by atoms with Gasteiger partial charge in [0, 0.05) is 62.7 Å². The maximum atomic E-state index is 13.0. The summed E-state index contributed by atoms with van der Waals surface area (Å²) in [6.45, 7) is 6.88. The zero-order valence-corrected chi connectivity index (χ0v) is 21.7. The molecule has 3 aliphatic heterocycles. The molecule has 0 bridgehead atoms. The number of aromatic nitrogens is 2. The molecule has 11 heteroatoms. The van der Waals surface area contributed by atoms with Crippen LogP contribution in [0.15, 0.2) is 35.3 Å². The summed E-state index contributed by atoms with van der Waals surface area (Å²) in [5, 5.41) is 7.77. The number of benzene rings is 1. The Labute approximate surface area is 219 Å². The lowest BCUT2D eigenvalue weighted by atomic mass is 10.1. The van der Waals surface area contributed by atoms with Crippen molar-refractivity contribution in [2.24, 2.45) is 4.99 Å². The molecule has 0 aliphatic carbocycles. The van der Waals surface area contributed by atoms with E-state index < -0.39 is 0 Å². The van der Waals surface area contributed by atoms with Gasteiger partial charge in [-0.1, -0.05) is 12.1 Å². The fourth-order valence-corrected chi connectivity index (χ4v) is 5.89. The molecule has 5 heterocycles. The number of nitrogens with one attached hydrogen (secondary N) is 1. The van der Waals surface area contributed by atoms with Gasteiger partial charge in [0.05, 0.1) is 29.8 Å². The van der Waals surface area contributed by atoms with Gasteiger partial charge in [0.2, 0.25) is 5.95 Å².